The van der Waals surface area contributed by atoms with Crippen LogP contribution in [0, 0.1) is 6.92 Å². The van der Waals surface area contributed by atoms with Crippen LogP contribution < -0.4 is 10.5 Å². The van der Waals surface area contributed by atoms with Gasteiger partial charge in [-0.3, -0.25) is 0 Å². The maximum Gasteiger partial charge on any atom is 0.241 e. The summed E-state index contributed by atoms with van der Waals surface area (Å²) in [6, 6.07) is 11.4. The molecule has 0 heterocycles. The molecule has 1 atom stereocenters. The van der Waals surface area contributed by atoms with E-state index in [9.17, 15) is 8.42 Å². The van der Waals surface area contributed by atoms with Crippen molar-refractivity contribution in [2.75, 3.05) is 5.73 Å². The first kappa shape index (κ1) is 15.8. The summed E-state index contributed by atoms with van der Waals surface area (Å²) < 4.78 is 27.5. The van der Waals surface area contributed by atoms with Crippen molar-refractivity contribution in [2.24, 2.45) is 0 Å². The molecule has 6 heteroatoms. The quantitative estimate of drug-likeness (QED) is 0.848. The number of halogens is 1. The first-order valence-corrected chi connectivity index (χ1v) is 8.29. The van der Waals surface area contributed by atoms with E-state index in [-0.39, 0.29) is 4.90 Å². The molecule has 0 amide bonds. The van der Waals surface area contributed by atoms with Crippen molar-refractivity contribution < 1.29 is 8.42 Å². The lowest BCUT2D eigenvalue weighted by Crippen LogP contribution is -2.27. The van der Waals surface area contributed by atoms with Crippen LogP contribution in [0.3, 0.4) is 0 Å². The van der Waals surface area contributed by atoms with Crippen molar-refractivity contribution in [3.05, 3.63) is 58.6 Å². The van der Waals surface area contributed by atoms with Crippen molar-refractivity contribution in [2.45, 2.75) is 24.8 Å². The van der Waals surface area contributed by atoms with Gasteiger partial charge in [-0.1, -0.05) is 29.8 Å². The second kappa shape index (κ2) is 6.05. The Hall–Kier alpha value is -1.56. The van der Waals surface area contributed by atoms with Gasteiger partial charge in [-0.25, -0.2) is 13.1 Å². The van der Waals surface area contributed by atoms with E-state index in [2.05, 4.69) is 4.72 Å². The van der Waals surface area contributed by atoms with Crippen molar-refractivity contribution in [3.8, 4) is 0 Å². The SMILES string of the molecule is Cc1cc(N)cc(S(=O)(=O)NC(C)c2ccccc2Cl)c1. The second-order valence-electron chi connectivity index (χ2n) is 4.94. The van der Waals surface area contributed by atoms with Gasteiger partial charge in [-0.05, 0) is 49.2 Å². The van der Waals surface area contributed by atoms with Gasteiger partial charge in [0.25, 0.3) is 0 Å². The Morgan fingerprint density at radius 3 is 2.48 bits per heavy atom. The van der Waals surface area contributed by atoms with E-state index >= 15 is 0 Å². The van der Waals surface area contributed by atoms with Gasteiger partial charge in [0.2, 0.25) is 10.0 Å². The minimum atomic E-state index is -3.66. The molecule has 0 saturated heterocycles. The summed E-state index contributed by atoms with van der Waals surface area (Å²) in [7, 11) is -3.66. The van der Waals surface area contributed by atoms with E-state index in [4.69, 9.17) is 17.3 Å². The van der Waals surface area contributed by atoms with Crippen LogP contribution in [-0.4, -0.2) is 8.42 Å². The third-order valence-electron chi connectivity index (χ3n) is 3.09. The highest BCUT2D eigenvalue weighted by atomic mass is 35.5. The Bertz CT molecular complexity index is 740. The van der Waals surface area contributed by atoms with Gasteiger partial charge in [-0.15, -0.1) is 0 Å². The molecule has 2 aromatic carbocycles. The summed E-state index contributed by atoms with van der Waals surface area (Å²) in [5.41, 5.74) is 7.64. The smallest absolute Gasteiger partial charge is 0.241 e. The molecular formula is C15H17ClN2O2S. The normalized spacial score (nSPS) is 13.1. The monoisotopic (exact) mass is 324 g/mol. The van der Waals surface area contributed by atoms with Crippen molar-refractivity contribution in [3.63, 3.8) is 0 Å². The molecule has 2 aromatic rings. The molecule has 0 fully saturated rings. The van der Waals surface area contributed by atoms with Crippen molar-refractivity contribution in [1.29, 1.82) is 0 Å². The summed E-state index contributed by atoms with van der Waals surface area (Å²) in [4.78, 5) is 0.152. The lowest BCUT2D eigenvalue weighted by Gasteiger charge is -2.16. The van der Waals surface area contributed by atoms with Crippen molar-refractivity contribution >= 4 is 27.3 Å². The number of nitrogens with one attached hydrogen (secondary N) is 1. The third-order valence-corrected chi connectivity index (χ3v) is 4.95. The van der Waals surface area contributed by atoms with E-state index in [1.165, 1.54) is 6.07 Å². The zero-order valence-electron chi connectivity index (χ0n) is 11.8. The minimum absolute atomic E-state index is 0.152. The molecule has 0 saturated carbocycles. The van der Waals surface area contributed by atoms with Crippen molar-refractivity contribution in [1.82, 2.24) is 4.72 Å². The van der Waals surface area contributed by atoms with Crippen LogP contribution in [0.15, 0.2) is 47.4 Å². The third kappa shape index (κ3) is 3.75. The predicted molar refractivity (Wildman–Crippen MR) is 85.8 cm³/mol. The Morgan fingerprint density at radius 2 is 1.86 bits per heavy atom. The topological polar surface area (TPSA) is 72.2 Å². The van der Waals surface area contributed by atoms with Gasteiger partial charge in [0.1, 0.15) is 0 Å². The number of benzene rings is 2. The number of hydrogen-bond donors (Lipinski definition) is 2. The number of aryl methyl sites for hydroxylation is 1. The van der Waals surface area contributed by atoms with Crippen LogP contribution in [0.5, 0.6) is 0 Å². The Labute approximate surface area is 130 Å². The highest BCUT2D eigenvalue weighted by molar-refractivity contribution is 7.89. The molecule has 0 aliphatic heterocycles. The molecule has 1 unspecified atom stereocenters. The number of sulfonamides is 1. The number of anilines is 1. The number of rotatable bonds is 4. The van der Waals surface area contributed by atoms with Gasteiger partial charge in [0.15, 0.2) is 0 Å². The summed E-state index contributed by atoms with van der Waals surface area (Å²) in [6.07, 6.45) is 0. The molecule has 112 valence electrons. The lowest BCUT2D eigenvalue weighted by molar-refractivity contribution is 0.567. The molecule has 21 heavy (non-hydrogen) atoms. The van der Waals surface area contributed by atoms with E-state index in [0.717, 1.165) is 11.1 Å². The maximum absolute atomic E-state index is 12.4. The maximum atomic E-state index is 12.4. The molecule has 4 nitrogen and oxygen atoms in total. The molecule has 0 aliphatic rings. The van der Waals surface area contributed by atoms with Gasteiger partial charge < -0.3 is 5.73 Å². The number of nitrogens with two attached hydrogens (primary N) is 1. The molecular weight excluding hydrogens is 308 g/mol. The fourth-order valence-electron chi connectivity index (χ4n) is 2.12. The fourth-order valence-corrected chi connectivity index (χ4v) is 3.78. The molecule has 3 N–H and O–H groups in total. The lowest BCUT2D eigenvalue weighted by atomic mass is 10.1. The van der Waals surface area contributed by atoms with E-state index in [0.29, 0.717) is 10.7 Å². The summed E-state index contributed by atoms with van der Waals surface area (Å²) in [5.74, 6) is 0. The largest absolute Gasteiger partial charge is 0.399 e. The van der Waals surface area contributed by atoms with Crippen LogP contribution >= 0.6 is 11.6 Å². The summed E-state index contributed by atoms with van der Waals surface area (Å²) in [6.45, 7) is 3.55. The molecule has 2 rings (SSSR count). The molecule has 0 aromatic heterocycles. The van der Waals surface area contributed by atoms with Gasteiger partial charge in [0.05, 0.1) is 4.90 Å². The Kier molecular flexibility index (Phi) is 4.56. The first-order chi connectivity index (χ1) is 9.79. The fraction of sp³-hybridized carbons (Fsp3) is 0.200. The van der Waals surface area contributed by atoms with Gasteiger partial charge >= 0.3 is 0 Å². The van der Waals surface area contributed by atoms with Crippen LogP contribution in [-0.2, 0) is 10.0 Å². The zero-order valence-corrected chi connectivity index (χ0v) is 13.4. The average molecular weight is 325 g/mol. The average Bonchev–Trinajstić information content (AvgIpc) is 2.37. The number of hydrogen-bond acceptors (Lipinski definition) is 3. The standard InChI is InChI=1S/C15H17ClN2O2S/c1-10-7-12(17)9-13(8-10)21(19,20)18-11(2)14-5-3-4-6-15(14)16/h3-9,11,18H,17H2,1-2H3. The summed E-state index contributed by atoms with van der Waals surface area (Å²) in [5, 5.41) is 0.524. The highest BCUT2D eigenvalue weighted by Gasteiger charge is 2.20. The molecule has 0 radical (unpaired) electrons. The van der Waals surface area contributed by atoms with E-state index in [1.807, 2.05) is 6.07 Å². The van der Waals surface area contributed by atoms with E-state index in [1.54, 1.807) is 44.2 Å². The van der Waals surface area contributed by atoms with Gasteiger partial charge in [0, 0.05) is 16.8 Å². The summed E-state index contributed by atoms with van der Waals surface area (Å²) >= 11 is 6.09. The van der Waals surface area contributed by atoms with Crippen LogP contribution in [0.2, 0.25) is 5.02 Å². The number of nitrogen functional groups attached to an aromatic ring is 1. The second-order valence-corrected chi connectivity index (χ2v) is 7.07. The zero-order chi connectivity index (χ0) is 15.6. The molecule has 0 spiro atoms. The predicted octanol–water partition coefficient (Wildman–Crippen LogP) is 3.27. The van der Waals surface area contributed by atoms with Crippen LogP contribution in [0.1, 0.15) is 24.1 Å². The van der Waals surface area contributed by atoms with Gasteiger partial charge in [-0.2, -0.15) is 0 Å². The first-order valence-electron chi connectivity index (χ1n) is 6.43. The van der Waals surface area contributed by atoms with Crippen LogP contribution in [0.25, 0.3) is 0 Å². The molecule has 0 bridgehead atoms. The Balaban J connectivity index is 2.31. The highest BCUT2D eigenvalue weighted by Crippen LogP contribution is 2.24. The minimum Gasteiger partial charge on any atom is -0.399 e. The van der Waals surface area contributed by atoms with E-state index < -0.39 is 16.1 Å². The van der Waals surface area contributed by atoms with Crippen LogP contribution in [0.4, 0.5) is 5.69 Å². The molecule has 0 aliphatic carbocycles. The Morgan fingerprint density at radius 1 is 1.19 bits per heavy atom.